The highest BCUT2D eigenvalue weighted by Gasteiger charge is 2.37. The quantitative estimate of drug-likeness (QED) is 0.768. The van der Waals surface area contributed by atoms with E-state index in [4.69, 9.17) is 0 Å². The Morgan fingerprint density at radius 3 is 2.14 bits per heavy atom. The fourth-order valence-corrected chi connectivity index (χ4v) is 3.09. The molecule has 2 heterocycles. The summed E-state index contributed by atoms with van der Waals surface area (Å²) in [6, 6.07) is 2.01. The number of anilines is 1. The zero-order valence-corrected chi connectivity index (χ0v) is 14.9. The largest absolute Gasteiger partial charge is 0.416 e. The molecule has 0 saturated carbocycles. The molecule has 156 valence electrons. The van der Waals surface area contributed by atoms with Crippen molar-refractivity contribution < 1.29 is 31.1 Å². The van der Waals surface area contributed by atoms with E-state index in [1.54, 1.807) is 23.4 Å². The second-order valence-corrected chi connectivity index (χ2v) is 6.60. The molecule has 1 amide bonds. The Labute approximate surface area is 161 Å². The predicted molar refractivity (Wildman–Crippen MR) is 91.2 cm³/mol. The molecule has 1 aromatic heterocycles. The molecular formula is C18H16F6N4O. The van der Waals surface area contributed by atoms with Crippen LogP contribution >= 0.6 is 0 Å². The summed E-state index contributed by atoms with van der Waals surface area (Å²) in [5.74, 6) is -0.563. The molecule has 29 heavy (non-hydrogen) atoms. The summed E-state index contributed by atoms with van der Waals surface area (Å²) < 4.78 is 77.9. The maximum atomic E-state index is 13.0. The van der Waals surface area contributed by atoms with Crippen LogP contribution in [0.4, 0.5) is 32.3 Å². The summed E-state index contributed by atoms with van der Waals surface area (Å²) in [6.45, 7) is 0.916. The lowest BCUT2D eigenvalue weighted by Crippen LogP contribution is -2.48. The van der Waals surface area contributed by atoms with E-state index in [1.807, 2.05) is 0 Å². The molecule has 1 atom stereocenters. The molecule has 5 nitrogen and oxygen atoms in total. The molecule has 2 aromatic rings. The monoisotopic (exact) mass is 418 g/mol. The average Bonchev–Trinajstić information content (AvgIpc) is 2.67. The number of benzene rings is 1. The number of carbonyl (C=O) groups excluding carboxylic acids is 1. The molecule has 1 aliphatic rings. The Balaban J connectivity index is 1.79. The molecule has 1 N–H and O–H groups in total. The van der Waals surface area contributed by atoms with E-state index in [0.29, 0.717) is 44.0 Å². The Morgan fingerprint density at radius 2 is 1.59 bits per heavy atom. The van der Waals surface area contributed by atoms with Gasteiger partial charge in [0.2, 0.25) is 5.95 Å². The van der Waals surface area contributed by atoms with Crippen LogP contribution in [-0.4, -0.2) is 35.0 Å². The van der Waals surface area contributed by atoms with Crippen molar-refractivity contribution in [3.05, 3.63) is 53.3 Å². The summed E-state index contributed by atoms with van der Waals surface area (Å²) in [6.07, 6.45) is -5.75. The molecule has 3 rings (SSSR count). The van der Waals surface area contributed by atoms with Gasteiger partial charge in [-0.1, -0.05) is 0 Å². The minimum absolute atomic E-state index is 0.00807. The summed E-state index contributed by atoms with van der Waals surface area (Å²) in [5.41, 5.74) is -3.75. The maximum Gasteiger partial charge on any atom is 0.416 e. The Morgan fingerprint density at radius 1 is 1.00 bits per heavy atom. The molecule has 0 unspecified atom stereocenters. The molecule has 1 aromatic carbocycles. The lowest BCUT2D eigenvalue weighted by molar-refractivity contribution is -0.143. The van der Waals surface area contributed by atoms with Crippen molar-refractivity contribution in [2.45, 2.75) is 31.2 Å². The minimum atomic E-state index is -5.01. The van der Waals surface area contributed by atoms with Gasteiger partial charge < -0.3 is 10.2 Å². The molecule has 11 heteroatoms. The summed E-state index contributed by atoms with van der Waals surface area (Å²) >= 11 is 0. The normalized spacial score (nSPS) is 17.9. The Kier molecular flexibility index (Phi) is 5.67. The van der Waals surface area contributed by atoms with Crippen molar-refractivity contribution in [1.82, 2.24) is 15.3 Å². The van der Waals surface area contributed by atoms with Crippen LogP contribution in [0.3, 0.4) is 0 Å². The van der Waals surface area contributed by atoms with Gasteiger partial charge in [-0.25, -0.2) is 9.97 Å². The lowest BCUT2D eigenvalue weighted by atomic mass is 10.0. The molecule has 0 aliphatic carbocycles. The van der Waals surface area contributed by atoms with E-state index >= 15 is 0 Å². The van der Waals surface area contributed by atoms with Gasteiger partial charge in [0, 0.05) is 37.1 Å². The van der Waals surface area contributed by atoms with Crippen LogP contribution in [0.1, 0.15) is 34.3 Å². The van der Waals surface area contributed by atoms with Crippen LogP contribution < -0.4 is 10.2 Å². The highest BCUT2D eigenvalue weighted by Crippen LogP contribution is 2.36. The second-order valence-electron chi connectivity index (χ2n) is 6.60. The van der Waals surface area contributed by atoms with E-state index in [2.05, 4.69) is 15.3 Å². The highest BCUT2D eigenvalue weighted by molar-refractivity contribution is 5.95. The number of nitrogens with zero attached hydrogens (tertiary/aromatic N) is 3. The first-order chi connectivity index (χ1) is 13.5. The number of piperidine rings is 1. The van der Waals surface area contributed by atoms with E-state index < -0.39 is 41.0 Å². The van der Waals surface area contributed by atoms with E-state index in [1.165, 1.54) is 0 Å². The third-order valence-electron chi connectivity index (χ3n) is 4.44. The fraction of sp³-hybridized carbons (Fsp3) is 0.389. The van der Waals surface area contributed by atoms with Gasteiger partial charge >= 0.3 is 12.4 Å². The maximum absolute atomic E-state index is 13.0. The minimum Gasteiger partial charge on any atom is -0.348 e. The predicted octanol–water partition coefficient (Wildman–Crippen LogP) is 3.91. The van der Waals surface area contributed by atoms with Crippen molar-refractivity contribution >= 4 is 11.9 Å². The number of nitrogens with one attached hydrogen (secondary N) is 1. The van der Waals surface area contributed by atoms with Crippen LogP contribution in [-0.2, 0) is 12.4 Å². The van der Waals surface area contributed by atoms with Crippen molar-refractivity contribution in [2.75, 3.05) is 18.0 Å². The van der Waals surface area contributed by atoms with Crippen LogP contribution in [0, 0.1) is 0 Å². The molecule has 1 aliphatic heterocycles. The first-order valence-corrected chi connectivity index (χ1v) is 8.66. The average molecular weight is 418 g/mol. The molecule has 0 spiro atoms. The summed E-state index contributed by atoms with van der Waals surface area (Å²) in [5, 5.41) is 2.52. The molecule has 0 radical (unpaired) electrons. The number of rotatable bonds is 3. The number of hydrogen-bond acceptors (Lipinski definition) is 4. The van der Waals surface area contributed by atoms with Gasteiger partial charge in [0.25, 0.3) is 5.91 Å². The van der Waals surface area contributed by atoms with Gasteiger partial charge in [-0.3, -0.25) is 4.79 Å². The Hall–Kier alpha value is -2.85. The summed E-state index contributed by atoms with van der Waals surface area (Å²) in [7, 11) is 0. The van der Waals surface area contributed by atoms with Gasteiger partial charge in [-0.15, -0.1) is 0 Å². The number of aromatic nitrogens is 2. The number of hydrogen-bond donors (Lipinski definition) is 1. The Bertz CT molecular complexity index is 837. The number of carbonyl (C=O) groups is 1. The third-order valence-corrected chi connectivity index (χ3v) is 4.44. The SMILES string of the molecule is O=C(N[C@@H]1CCCN(c2ncccn2)C1)c1cc(C(F)(F)F)cc(C(F)(F)F)c1. The van der Waals surface area contributed by atoms with Gasteiger partial charge in [0.05, 0.1) is 11.1 Å². The number of alkyl halides is 6. The first kappa shape index (κ1) is 20.9. The van der Waals surface area contributed by atoms with Gasteiger partial charge in [-0.2, -0.15) is 26.3 Å². The van der Waals surface area contributed by atoms with Crippen LogP contribution in [0.5, 0.6) is 0 Å². The zero-order chi connectivity index (χ0) is 21.2. The molecule has 1 saturated heterocycles. The molecule has 0 bridgehead atoms. The van der Waals surface area contributed by atoms with E-state index in [9.17, 15) is 31.1 Å². The van der Waals surface area contributed by atoms with Crippen molar-refractivity contribution in [3.63, 3.8) is 0 Å². The van der Waals surface area contributed by atoms with Gasteiger partial charge in [0.15, 0.2) is 0 Å². The van der Waals surface area contributed by atoms with Crippen molar-refractivity contribution in [2.24, 2.45) is 0 Å². The number of halogens is 6. The van der Waals surface area contributed by atoms with Gasteiger partial charge in [-0.05, 0) is 37.1 Å². The van der Waals surface area contributed by atoms with Crippen LogP contribution in [0.25, 0.3) is 0 Å². The third kappa shape index (κ3) is 5.15. The van der Waals surface area contributed by atoms with Crippen molar-refractivity contribution in [1.29, 1.82) is 0 Å². The zero-order valence-electron chi connectivity index (χ0n) is 14.9. The number of amides is 1. The van der Waals surface area contributed by atoms with E-state index in [0.717, 1.165) is 0 Å². The standard InChI is InChI=1S/C18H16F6N4O/c19-17(20,21)12-7-11(8-13(9-12)18(22,23)24)15(29)27-14-3-1-6-28(10-14)16-25-4-2-5-26-16/h2,4-5,7-9,14H,1,3,6,10H2,(H,27,29)/t14-/m1/s1. The first-order valence-electron chi connectivity index (χ1n) is 8.66. The second kappa shape index (κ2) is 7.88. The smallest absolute Gasteiger partial charge is 0.348 e. The van der Waals surface area contributed by atoms with E-state index in [-0.39, 0.29) is 6.07 Å². The highest BCUT2D eigenvalue weighted by atomic mass is 19.4. The van der Waals surface area contributed by atoms with Crippen LogP contribution in [0.15, 0.2) is 36.7 Å². The topological polar surface area (TPSA) is 58.1 Å². The lowest BCUT2D eigenvalue weighted by Gasteiger charge is -2.33. The van der Waals surface area contributed by atoms with Crippen molar-refractivity contribution in [3.8, 4) is 0 Å². The van der Waals surface area contributed by atoms with Crippen LogP contribution in [0.2, 0.25) is 0 Å². The van der Waals surface area contributed by atoms with Gasteiger partial charge in [0.1, 0.15) is 0 Å². The molecular weight excluding hydrogens is 402 g/mol. The summed E-state index contributed by atoms with van der Waals surface area (Å²) in [4.78, 5) is 22.4. The molecule has 1 fully saturated rings. The fourth-order valence-electron chi connectivity index (χ4n) is 3.09.